The molecule has 0 saturated carbocycles. The summed E-state index contributed by atoms with van der Waals surface area (Å²) in [5.74, 6) is 1.21. The quantitative estimate of drug-likeness (QED) is 0.174. The average molecular weight is 689 g/mol. The number of methoxy groups -OCH3 is 1. The highest BCUT2D eigenvalue weighted by atomic mass is 127. The molecule has 0 radical (unpaired) electrons. The number of carbonyl (C=O) groups excluding carboxylic acids is 1. The summed E-state index contributed by atoms with van der Waals surface area (Å²) in [6.07, 6.45) is 3.02. The number of aryl methyl sites for hydroxylation is 2. The largest absolute Gasteiger partial charge is 0.493 e. The Labute approximate surface area is 242 Å². The molecule has 0 bridgehead atoms. The molecule has 0 atom stereocenters. The summed E-state index contributed by atoms with van der Waals surface area (Å²) < 4.78 is 14.2. The average Bonchev–Trinajstić information content (AvgIpc) is 2.89. The fraction of sp³-hybridized carbons (Fsp3) is 0.214. The van der Waals surface area contributed by atoms with E-state index in [9.17, 15) is 9.59 Å². The number of nitrogens with one attached hydrogen (secondary N) is 1. The second-order valence-electron chi connectivity index (χ2n) is 8.49. The van der Waals surface area contributed by atoms with Gasteiger partial charge in [0.15, 0.2) is 18.1 Å². The lowest BCUT2D eigenvalue weighted by Crippen LogP contribution is -2.22. The van der Waals surface area contributed by atoms with Crippen molar-refractivity contribution < 1.29 is 14.3 Å². The van der Waals surface area contributed by atoms with E-state index in [-0.39, 0.29) is 18.1 Å². The van der Waals surface area contributed by atoms with Crippen LogP contribution in [0.15, 0.2) is 69.0 Å². The van der Waals surface area contributed by atoms with E-state index in [1.165, 1.54) is 11.8 Å². The number of carbonyl (C=O) groups is 1. The van der Waals surface area contributed by atoms with Crippen molar-refractivity contribution in [3.63, 3.8) is 0 Å². The lowest BCUT2D eigenvalue weighted by atomic mass is 10.2. The standard InChI is InChI=1S/C28H26BrIN4O4/c1-4-7-25-32-23-11-10-19(29)14-20(23)28(36)34(25)31-15-18-12-21(30)27(24(13-18)37-3)38-16-26(35)33-22-9-6-5-8-17(22)2/h5-6,8-15H,4,7,16H2,1-3H3,(H,33,35). The maximum absolute atomic E-state index is 13.2. The monoisotopic (exact) mass is 688 g/mol. The molecule has 0 aliphatic heterocycles. The Balaban J connectivity index is 1.58. The molecule has 0 saturated heterocycles. The minimum Gasteiger partial charge on any atom is -0.493 e. The summed E-state index contributed by atoms with van der Waals surface area (Å²) in [5, 5.41) is 7.82. The first kappa shape index (κ1) is 27.8. The molecule has 0 unspecified atom stereocenters. The third-order valence-corrected chi connectivity index (χ3v) is 6.98. The van der Waals surface area contributed by atoms with Crippen molar-refractivity contribution in [1.82, 2.24) is 9.66 Å². The number of amides is 1. The van der Waals surface area contributed by atoms with Gasteiger partial charge in [-0.3, -0.25) is 9.59 Å². The van der Waals surface area contributed by atoms with E-state index in [1.54, 1.807) is 18.3 Å². The van der Waals surface area contributed by atoms with Crippen molar-refractivity contribution >= 4 is 67.2 Å². The van der Waals surface area contributed by atoms with E-state index in [4.69, 9.17) is 9.47 Å². The van der Waals surface area contributed by atoms with Crippen molar-refractivity contribution in [3.8, 4) is 11.5 Å². The first-order valence-electron chi connectivity index (χ1n) is 11.9. The van der Waals surface area contributed by atoms with E-state index in [0.29, 0.717) is 40.2 Å². The van der Waals surface area contributed by atoms with Gasteiger partial charge in [0.05, 0.1) is 27.8 Å². The van der Waals surface area contributed by atoms with Crippen LogP contribution in [-0.4, -0.2) is 35.5 Å². The van der Waals surface area contributed by atoms with Gasteiger partial charge < -0.3 is 14.8 Å². The molecule has 10 heteroatoms. The van der Waals surface area contributed by atoms with Gasteiger partial charge in [0.25, 0.3) is 11.5 Å². The molecule has 1 amide bonds. The fourth-order valence-corrected chi connectivity index (χ4v) is 4.96. The number of benzene rings is 3. The van der Waals surface area contributed by atoms with Gasteiger partial charge in [-0.05, 0) is 83.5 Å². The molecule has 0 aliphatic rings. The van der Waals surface area contributed by atoms with Gasteiger partial charge in [-0.2, -0.15) is 9.78 Å². The van der Waals surface area contributed by atoms with Crippen LogP contribution < -0.4 is 20.3 Å². The number of anilines is 1. The number of hydrogen-bond donors (Lipinski definition) is 1. The third-order valence-electron chi connectivity index (χ3n) is 5.69. The number of para-hydroxylation sites is 1. The number of hydrogen-bond acceptors (Lipinski definition) is 6. The van der Waals surface area contributed by atoms with Gasteiger partial charge in [-0.15, -0.1) is 0 Å². The molecular weight excluding hydrogens is 663 g/mol. The maximum atomic E-state index is 13.2. The number of ether oxygens (including phenoxy) is 2. The normalized spacial score (nSPS) is 11.2. The highest BCUT2D eigenvalue weighted by Gasteiger charge is 2.15. The van der Waals surface area contributed by atoms with Crippen LogP contribution in [0.4, 0.5) is 5.69 Å². The molecule has 4 rings (SSSR count). The number of nitrogens with zero attached hydrogens (tertiary/aromatic N) is 3. The number of fused-ring (bicyclic) bond motifs is 1. The second-order valence-corrected chi connectivity index (χ2v) is 10.6. The Kier molecular flexibility index (Phi) is 9.16. The molecule has 1 heterocycles. The zero-order chi connectivity index (χ0) is 27.2. The molecule has 1 aromatic heterocycles. The Hall–Kier alpha value is -3.25. The van der Waals surface area contributed by atoms with Crippen LogP contribution >= 0.6 is 38.5 Å². The van der Waals surface area contributed by atoms with Gasteiger partial charge in [0, 0.05) is 16.6 Å². The SMILES string of the molecule is CCCc1nc2ccc(Br)cc2c(=O)n1N=Cc1cc(I)c(OCC(=O)Nc2ccccc2C)c(OC)c1. The molecule has 0 spiro atoms. The molecule has 0 fully saturated rings. The molecular formula is C28H26BrIN4O4. The highest BCUT2D eigenvalue weighted by molar-refractivity contribution is 14.1. The van der Waals surface area contributed by atoms with Gasteiger partial charge in [-0.25, -0.2) is 4.98 Å². The molecule has 38 heavy (non-hydrogen) atoms. The van der Waals surface area contributed by atoms with Crippen LogP contribution in [0.5, 0.6) is 11.5 Å². The Morgan fingerprint density at radius 3 is 2.74 bits per heavy atom. The zero-order valence-corrected chi connectivity index (χ0v) is 24.9. The van der Waals surface area contributed by atoms with E-state index in [1.807, 2.05) is 56.3 Å². The van der Waals surface area contributed by atoms with Gasteiger partial charge >= 0.3 is 0 Å². The topological polar surface area (TPSA) is 94.8 Å². The first-order chi connectivity index (χ1) is 18.3. The van der Waals surface area contributed by atoms with Crippen molar-refractivity contribution in [2.75, 3.05) is 19.0 Å². The maximum Gasteiger partial charge on any atom is 0.282 e. The summed E-state index contributed by atoms with van der Waals surface area (Å²) in [6.45, 7) is 3.77. The van der Waals surface area contributed by atoms with Crippen LogP contribution in [0, 0.1) is 10.5 Å². The van der Waals surface area contributed by atoms with Crippen LogP contribution in [0.2, 0.25) is 0 Å². The van der Waals surface area contributed by atoms with Crippen molar-refractivity contribution in [2.45, 2.75) is 26.7 Å². The Morgan fingerprint density at radius 2 is 2.00 bits per heavy atom. The van der Waals surface area contributed by atoms with Crippen LogP contribution in [-0.2, 0) is 11.2 Å². The van der Waals surface area contributed by atoms with Crippen molar-refractivity contribution in [3.05, 3.63) is 89.9 Å². The van der Waals surface area contributed by atoms with Gasteiger partial charge in [0.2, 0.25) is 0 Å². The molecule has 3 aromatic carbocycles. The summed E-state index contributed by atoms with van der Waals surface area (Å²) in [5.41, 5.74) is 2.80. The second kappa shape index (κ2) is 12.5. The van der Waals surface area contributed by atoms with Gasteiger partial charge in [-0.1, -0.05) is 41.1 Å². The number of aromatic nitrogens is 2. The minimum atomic E-state index is -0.277. The lowest BCUT2D eigenvalue weighted by molar-refractivity contribution is -0.118. The van der Waals surface area contributed by atoms with Crippen LogP contribution in [0.25, 0.3) is 10.9 Å². The van der Waals surface area contributed by atoms with Crippen molar-refractivity contribution in [1.29, 1.82) is 0 Å². The first-order valence-corrected chi connectivity index (χ1v) is 13.8. The van der Waals surface area contributed by atoms with E-state index in [0.717, 1.165) is 25.7 Å². The predicted molar refractivity (Wildman–Crippen MR) is 162 cm³/mol. The smallest absolute Gasteiger partial charge is 0.282 e. The Bertz CT molecular complexity index is 1590. The molecule has 8 nitrogen and oxygen atoms in total. The summed E-state index contributed by atoms with van der Waals surface area (Å²) in [6, 6.07) is 16.6. The highest BCUT2D eigenvalue weighted by Crippen LogP contribution is 2.33. The van der Waals surface area contributed by atoms with Gasteiger partial charge in [0.1, 0.15) is 5.82 Å². The molecule has 1 N–H and O–H groups in total. The van der Waals surface area contributed by atoms with Crippen LogP contribution in [0.1, 0.15) is 30.3 Å². The zero-order valence-electron chi connectivity index (χ0n) is 21.1. The predicted octanol–water partition coefficient (Wildman–Crippen LogP) is 5.93. The van der Waals surface area contributed by atoms with E-state index < -0.39 is 0 Å². The minimum absolute atomic E-state index is 0.178. The Morgan fingerprint density at radius 1 is 1.21 bits per heavy atom. The van der Waals surface area contributed by atoms with E-state index >= 15 is 0 Å². The van der Waals surface area contributed by atoms with Crippen molar-refractivity contribution in [2.24, 2.45) is 5.10 Å². The molecule has 4 aromatic rings. The summed E-state index contributed by atoms with van der Waals surface area (Å²) >= 11 is 5.54. The van der Waals surface area contributed by atoms with Crippen LogP contribution in [0.3, 0.4) is 0 Å². The van der Waals surface area contributed by atoms with E-state index in [2.05, 4.69) is 53.9 Å². The fourth-order valence-electron chi connectivity index (χ4n) is 3.82. The molecule has 196 valence electrons. The lowest BCUT2D eigenvalue weighted by Gasteiger charge is -2.14. The number of rotatable bonds is 9. The number of halogens is 2. The molecule has 0 aliphatic carbocycles. The summed E-state index contributed by atoms with van der Waals surface area (Å²) in [4.78, 5) is 30.4. The summed E-state index contributed by atoms with van der Waals surface area (Å²) in [7, 11) is 1.53. The third kappa shape index (κ3) is 6.41.